The lowest BCUT2D eigenvalue weighted by molar-refractivity contribution is 0.415. The summed E-state index contributed by atoms with van der Waals surface area (Å²) in [5, 5.41) is 3.05. The van der Waals surface area contributed by atoms with E-state index in [1.807, 2.05) is 36.4 Å². The standard InChI is InChI=1S/C16H19N3O/c1-12-4-3-5-13(10-12)11-18-16(17)19-14-6-8-15(20-2)9-7-14/h3-10H,11H2,1-2H3,(H3,17,18,19). The molecule has 0 saturated carbocycles. The Bertz CT molecular complexity index is 591. The number of methoxy groups -OCH3 is 1. The minimum absolute atomic E-state index is 0.400. The number of nitrogens with zero attached hydrogens (tertiary/aromatic N) is 1. The van der Waals surface area contributed by atoms with Crippen LogP contribution in [-0.4, -0.2) is 13.1 Å². The molecule has 3 N–H and O–H groups in total. The number of hydrogen-bond acceptors (Lipinski definition) is 2. The summed E-state index contributed by atoms with van der Waals surface area (Å²) in [4.78, 5) is 4.33. The number of anilines is 1. The molecule has 0 aromatic heterocycles. The van der Waals surface area contributed by atoms with Crippen molar-refractivity contribution in [3.8, 4) is 5.75 Å². The normalized spacial score (nSPS) is 11.2. The first-order valence-corrected chi connectivity index (χ1v) is 6.44. The zero-order valence-corrected chi connectivity index (χ0v) is 11.8. The smallest absolute Gasteiger partial charge is 0.193 e. The minimum Gasteiger partial charge on any atom is -0.497 e. The first kappa shape index (κ1) is 13.9. The average molecular weight is 269 g/mol. The molecule has 0 radical (unpaired) electrons. The first-order valence-electron chi connectivity index (χ1n) is 6.44. The number of nitrogens with two attached hydrogens (primary N) is 1. The lowest BCUT2D eigenvalue weighted by Gasteiger charge is -2.07. The average Bonchev–Trinajstić information content (AvgIpc) is 2.46. The lowest BCUT2D eigenvalue weighted by atomic mass is 10.1. The predicted molar refractivity (Wildman–Crippen MR) is 83.1 cm³/mol. The van der Waals surface area contributed by atoms with Crippen molar-refractivity contribution >= 4 is 11.6 Å². The topological polar surface area (TPSA) is 59.6 Å². The van der Waals surface area contributed by atoms with Gasteiger partial charge in [0.2, 0.25) is 0 Å². The van der Waals surface area contributed by atoms with Crippen molar-refractivity contribution in [2.45, 2.75) is 13.5 Å². The molecule has 4 heteroatoms. The van der Waals surface area contributed by atoms with Crippen LogP contribution in [0.3, 0.4) is 0 Å². The highest BCUT2D eigenvalue weighted by Crippen LogP contribution is 2.14. The molecule has 0 unspecified atom stereocenters. The van der Waals surface area contributed by atoms with Gasteiger partial charge in [-0.15, -0.1) is 0 Å². The molecule has 2 aromatic carbocycles. The SMILES string of the molecule is COc1ccc(NC(N)=NCc2cccc(C)c2)cc1. The number of benzene rings is 2. The zero-order valence-electron chi connectivity index (χ0n) is 11.8. The van der Waals surface area contributed by atoms with Crippen molar-refractivity contribution in [2.75, 3.05) is 12.4 Å². The van der Waals surface area contributed by atoms with Gasteiger partial charge in [0.25, 0.3) is 0 Å². The fourth-order valence-corrected chi connectivity index (χ4v) is 1.85. The van der Waals surface area contributed by atoms with Crippen molar-refractivity contribution in [3.63, 3.8) is 0 Å². The van der Waals surface area contributed by atoms with Crippen molar-refractivity contribution < 1.29 is 4.74 Å². The number of ether oxygens (including phenoxy) is 1. The molecule has 0 aliphatic heterocycles. The molecule has 0 amide bonds. The van der Waals surface area contributed by atoms with E-state index in [4.69, 9.17) is 10.5 Å². The molecule has 20 heavy (non-hydrogen) atoms. The molecule has 0 aliphatic rings. The Balaban J connectivity index is 1.96. The largest absolute Gasteiger partial charge is 0.497 e. The number of aryl methyl sites for hydroxylation is 1. The van der Waals surface area contributed by atoms with E-state index >= 15 is 0 Å². The third-order valence-electron chi connectivity index (χ3n) is 2.88. The van der Waals surface area contributed by atoms with E-state index in [-0.39, 0.29) is 0 Å². The molecule has 0 bridgehead atoms. The molecule has 2 aromatic rings. The van der Waals surface area contributed by atoms with Crippen LogP contribution in [0.5, 0.6) is 5.75 Å². The van der Waals surface area contributed by atoms with Crippen LogP contribution < -0.4 is 15.8 Å². The van der Waals surface area contributed by atoms with Crippen molar-refractivity contribution in [1.29, 1.82) is 0 Å². The van der Waals surface area contributed by atoms with Crippen molar-refractivity contribution in [3.05, 3.63) is 59.7 Å². The lowest BCUT2D eigenvalue weighted by Crippen LogP contribution is -2.22. The van der Waals surface area contributed by atoms with E-state index in [9.17, 15) is 0 Å². The molecule has 0 saturated heterocycles. The molecule has 4 nitrogen and oxygen atoms in total. The van der Waals surface area contributed by atoms with E-state index in [0.717, 1.165) is 17.0 Å². The minimum atomic E-state index is 0.400. The third kappa shape index (κ3) is 4.02. The Morgan fingerprint density at radius 3 is 2.60 bits per heavy atom. The van der Waals surface area contributed by atoms with Crippen LogP contribution >= 0.6 is 0 Å². The Morgan fingerprint density at radius 1 is 1.20 bits per heavy atom. The van der Waals surface area contributed by atoms with Gasteiger partial charge in [0.1, 0.15) is 5.75 Å². The van der Waals surface area contributed by atoms with Gasteiger partial charge in [0, 0.05) is 5.69 Å². The first-order chi connectivity index (χ1) is 9.67. The fraction of sp³-hybridized carbons (Fsp3) is 0.188. The summed E-state index contributed by atoms with van der Waals surface area (Å²) in [5.41, 5.74) is 9.12. The highest BCUT2D eigenvalue weighted by Gasteiger charge is 1.97. The molecular formula is C16H19N3O. The van der Waals surface area contributed by atoms with Gasteiger partial charge in [-0.25, -0.2) is 4.99 Å². The Kier molecular flexibility index (Phi) is 4.60. The van der Waals surface area contributed by atoms with Crippen LogP contribution in [0.1, 0.15) is 11.1 Å². The molecule has 2 rings (SSSR count). The fourth-order valence-electron chi connectivity index (χ4n) is 1.85. The Hall–Kier alpha value is -2.49. The second-order valence-electron chi connectivity index (χ2n) is 4.54. The van der Waals surface area contributed by atoms with Gasteiger partial charge >= 0.3 is 0 Å². The molecule has 0 heterocycles. The number of rotatable bonds is 4. The number of guanidine groups is 1. The number of hydrogen-bond donors (Lipinski definition) is 2. The van der Waals surface area contributed by atoms with E-state index in [2.05, 4.69) is 29.4 Å². The van der Waals surface area contributed by atoms with Gasteiger partial charge in [-0.1, -0.05) is 29.8 Å². The summed E-state index contributed by atoms with van der Waals surface area (Å²) < 4.78 is 5.10. The van der Waals surface area contributed by atoms with E-state index in [0.29, 0.717) is 12.5 Å². The molecule has 0 spiro atoms. The van der Waals surface area contributed by atoms with Crippen LogP contribution in [0.15, 0.2) is 53.5 Å². The number of aliphatic imine (C=N–C) groups is 1. The zero-order chi connectivity index (χ0) is 14.4. The maximum Gasteiger partial charge on any atom is 0.193 e. The van der Waals surface area contributed by atoms with Crippen LogP contribution in [0.2, 0.25) is 0 Å². The van der Waals surface area contributed by atoms with Crippen LogP contribution in [-0.2, 0) is 6.54 Å². The molecule has 104 valence electrons. The Morgan fingerprint density at radius 2 is 1.95 bits per heavy atom. The summed E-state index contributed by atoms with van der Waals surface area (Å²) in [6.07, 6.45) is 0. The Labute approximate surface area is 119 Å². The third-order valence-corrected chi connectivity index (χ3v) is 2.88. The van der Waals surface area contributed by atoms with Crippen LogP contribution in [0, 0.1) is 6.92 Å². The van der Waals surface area contributed by atoms with Crippen molar-refractivity contribution in [2.24, 2.45) is 10.7 Å². The van der Waals surface area contributed by atoms with E-state index < -0.39 is 0 Å². The maximum atomic E-state index is 5.87. The van der Waals surface area contributed by atoms with Gasteiger partial charge in [0.15, 0.2) is 5.96 Å². The van der Waals surface area contributed by atoms with Crippen LogP contribution in [0.25, 0.3) is 0 Å². The predicted octanol–water partition coefficient (Wildman–Crippen LogP) is 2.93. The molecule has 0 atom stereocenters. The van der Waals surface area contributed by atoms with E-state index in [1.165, 1.54) is 5.56 Å². The van der Waals surface area contributed by atoms with Gasteiger partial charge in [-0.3, -0.25) is 0 Å². The summed E-state index contributed by atoms with van der Waals surface area (Å²) in [5.74, 6) is 1.21. The van der Waals surface area contributed by atoms with Gasteiger partial charge in [0.05, 0.1) is 13.7 Å². The second-order valence-corrected chi connectivity index (χ2v) is 4.54. The van der Waals surface area contributed by atoms with Gasteiger partial charge in [-0.2, -0.15) is 0 Å². The van der Waals surface area contributed by atoms with E-state index in [1.54, 1.807) is 7.11 Å². The summed E-state index contributed by atoms with van der Waals surface area (Å²) >= 11 is 0. The molecular weight excluding hydrogens is 250 g/mol. The quantitative estimate of drug-likeness (QED) is 0.662. The van der Waals surface area contributed by atoms with Gasteiger partial charge < -0.3 is 15.8 Å². The maximum absolute atomic E-state index is 5.87. The monoisotopic (exact) mass is 269 g/mol. The number of nitrogens with one attached hydrogen (secondary N) is 1. The highest BCUT2D eigenvalue weighted by atomic mass is 16.5. The van der Waals surface area contributed by atoms with Crippen LogP contribution in [0.4, 0.5) is 5.69 Å². The molecule has 0 fully saturated rings. The molecule has 0 aliphatic carbocycles. The highest BCUT2D eigenvalue weighted by molar-refractivity contribution is 5.92. The summed E-state index contributed by atoms with van der Waals surface area (Å²) in [6, 6.07) is 15.8. The van der Waals surface area contributed by atoms with Crippen molar-refractivity contribution in [1.82, 2.24) is 0 Å². The second kappa shape index (κ2) is 6.61. The summed E-state index contributed by atoms with van der Waals surface area (Å²) in [6.45, 7) is 2.63. The summed E-state index contributed by atoms with van der Waals surface area (Å²) in [7, 11) is 1.64. The van der Waals surface area contributed by atoms with Gasteiger partial charge in [-0.05, 0) is 36.8 Å².